The van der Waals surface area contributed by atoms with Gasteiger partial charge < -0.3 is 19.4 Å². The van der Waals surface area contributed by atoms with Crippen molar-refractivity contribution < 1.29 is 14.3 Å². The minimum Gasteiger partial charge on any atom is -0.454 e. The molecule has 6 rings (SSSR count). The number of aromatic nitrogens is 1. The van der Waals surface area contributed by atoms with Crippen LogP contribution in [0.1, 0.15) is 22.9 Å². The molecule has 2 atom stereocenters. The van der Waals surface area contributed by atoms with E-state index in [4.69, 9.17) is 21.7 Å². The summed E-state index contributed by atoms with van der Waals surface area (Å²) in [7, 11) is 0. The highest BCUT2D eigenvalue weighted by Crippen LogP contribution is 2.46. The van der Waals surface area contributed by atoms with Crippen LogP contribution in [0.3, 0.4) is 0 Å². The number of thiocarbonyl (C=S) groups is 1. The van der Waals surface area contributed by atoms with Crippen molar-refractivity contribution in [3.8, 4) is 11.5 Å². The molecule has 6 nitrogen and oxygen atoms in total. The Hall–Kier alpha value is -3.32. The van der Waals surface area contributed by atoms with Crippen molar-refractivity contribution >= 4 is 34.1 Å². The SMILES string of the molecule is C=CCN1C(=O)[C@@H]2Cc3c([nH]c4ccccc34)C(c3ccc4c(c3)OCO4)N2C1=S. The molecule has 0 radical (unpaired) electrons. The maximum Gasteiger partial charge on any atom is 0.252 e. The second-order valence-electron chi connectivity index (χ2n) is 7.73. The number of para-hydroxylation sites is 1. The normalized spacial score (nSPS) is 21.9. The number of rotatable bonds is 3. The number of ether oxygens (including phenoxy) is 2. The fraction of sp³-hybridized carbons (Fsp3) is 0.217. The van der Waals surface area contributed by atoms with Crippen molar-refractivity contribution in [2.24, 2.45) is 0 Å². The van der Waals surface area contributed by atoms with E-state index in [9.17, 15) is 4.79 Å². The lowest BCUT2D eigenvalue weighted by Crippen LogP contribution is -2.44. The van der Waals surface area contributed by atoms with E-state index in [-0.39, 0.29) is 24.8 Å². The van der Waals surface area contributed by atoms with E-state index in [1.807, 2.05) is 30.3 Å². The van der Waals surface area contributed by atoms with Crippen LogP contribution in [0.15, 0.2) is 55.1 Å². The molecule has 1 N–H and O–H groups in total. The molecular weight excluding hydrogens is 398 g/mol. The molecule has 2 aromatic carbocycles. The predicted molar refractivity (Wildman–Crippen MR) is 117 cm³/mol. The molecular formula is C23H19N3O3S. The smallest absolute Gasteiger partial charge is 0.252 e. The molecule has 0 saturated carbocycles. The van der Waals surface area contributed by atoms with Crippen LogP contribution < -0.4 is 9.47 Å². The molecule has 1 fully saturated rings. The number of nitrogens with one attached hydrogen (secondary N) is 1. The minimum atomic E-state index is -0.334. The van der Waals surface area contributed by atoms with Gasteiger partial charge in [0, 0.05) is 29.6 Å². The Morgan fingerprint density at radius 3 is 2.90 bits per heavy atom. The Morgan fingerprint density at radius 2 is 2.03 bits per heavy atom. The van der Waals surface area contributed by atoms with Gasteiger partial charge in [0.1, 0.15) is 6.04 Å². The van der Waals surface area contributed by atoms with Crippen LogP contribution in [0.4, 0.5) is 0 Å². The number of carbonyl (C=O) groups excluding carboxylic acids is 1. The Morgan fingerprint density at radius 1 is 1.20 bits per heavy atom. The molecule has 0 aliphatic carbocycles. The molecule has 1 unspecified atom stereocenters. The molecule has 3 aromatic rings. The fourth-order valence-electron chi connectivity index (χ4n) is 4.86. The van der Waals surface area contributed by atoms with Gasteiger partial charge in [0.05, 0.1) is 6.04 Å². The molecule has 3 aliphatic heterocycles. The first-order valence-electron chi connectivity index (χ1n) is 9.91. The molecule has 3 aliphatic rings. The molecule has 1 saturated heterocycles. The van der Waals surface area contributed by atoms with E-state index in [2.05, 4.69) is 28.6 Å². The van der Waals surface area contributed by atoms with Crippen LogP contribution in [-0.4, -0.2) is 45.2 Å². The second-order valence-corrected chi connectivity index (χ2v) is 8.09. The zero-order chi connectivity index (χ0) is 20.4. The molecule has 7 heteroatoms. The molecule has 4 heterocycles. The number of H-pyrrole nitrogens is 1. The van der Waals surface area contributed by atoms with E-state index in [0.717, 1.165) is 27.9 Å². The molecule has 0 bridgehead atoms. The van der Waals surface area contributed by atoms with Gasteiger partial charge in [-0.3, -0.25) is 9.69 Å². The summed E-state index contributed by atoms with van der Waals surface area (Å²) in [5.41, 5.74) is 4.32. The van der Waals surface area contributed by atoms with Crippen LogP contribution in [0, 0.1) is 0 Å². The van der Waals surface area contributed by atoms with E-state index in [1.165, 1.54) is 5.56 Å². The highest BCUT2D eigenvalue weighted by Gasteiger charge is 2.50. The lowest BCUT2D eigenvalue weighted by atomic mass is 9.89. The molecule has 1 aromatic heterocycles. The monoisotopic (exact) mass is 417 g/mol. The third-order valence-electron chi connectivity index (χ3n) is 6.16. The number of carbonyl (C=O) groups is 1. The van der Waals surface area contributed by atoms with Gasteiger partial charge in [-0.1, -0.05) is 30.3 Å². The van der Waals surface area contributed by atoms with Crippen molar-refractivity contribution in [2.45, 2.75) is 18.5 Å². The summed E-state index contributed by atoms with van der Waals surface area (Å²) < 4.78 is 11.1. The van der Waals surface area contributed by atoms with Gasteiger partial charge in [-0.25, -0.2) is 0 Å². The van der Waals surface area contributed by atoms with E-state index < -0.39 is 0 Å². The third-order valence-corrected chi connectivity index (χ3v) is 6.59. The molecule has 150 valence electrons. The highest BCUT2D eigenvalue weighted by molar-refractivity contribution is 7.80. The predicted octanol–water partition coefficient (Wildman–Crippen LogP) is 3.53. The summed E-state index contributed by atoms with van der Waals surface area (Å²) in [6.45, 7) is 4.42. The Kier molecular flexibility index (Phi) is 3.70. The van der Waals surface area contributed by atoms with Gasteiger partial charge in [0.25, 0.3) is 5.91 Å². The van der Waals surface area contributed by atoms with Gasteiger partial charge in [-0.2, -0.15) is 0 Å². The number of aromatic amines is 1. The fourth-order valence-corrected chi connectivity index (χ4v) is 5.25. The zero-order valence-corrected chi connectivity index (χ0v) is 16.9. The molecule has 0 spiro atoms. The van der Waals surface area contributed by atoms with Crippen molar-refractivity contribution in [3.63, 3.8) is 0 Å². The lowest BCUT2D eigenvalue weighted by Gasteiger charge is -2.37. The average Bonchev–Trinajstić information content (AvgIpc) is 3.44. The topological polar surface area (TPSA) is 57.8 Å². The van der Waals surface area contributed by atoms with Crippen LogP contribution >= 0.6 is 12.2 Å². The van der Waals surface area contributed by atoms with Gasteiger partial charge in [-0.05, 0) is 41.5 Å². The second kappa shape index (κ2) is 6.34. The molecule has 30 heavy (non-hydrogen) atoms. The first-order chi connectivity index (χ1) is 14.7. The lowest BCUT2D eigenvalue weighted by molar-refractivity contribution is -0.128. The van der Waals surface area contributed by atoms with Crippen LogP contribution in [0.2, 0.25) is 0 Å². The number of hydrogen-bond donors (Lipinski definition) is 1. The summed E-state index contributed by atoms with van der Waals surface area (Å²) in [6, 6.07) is 13.6. The highest BCUT2D eigenvalue weighted by atomic mass is 32.1. The first kappa shape index (κ1) is 17.5. The number of nitrogens with zero attached hydrogens (tertiary/aromatic N) is 2. The van der Waals surface area contributed by atoms with Crippen LogP contribution in [0.5, 0.6) is 11.5 Å². The van der Waals surface area contributed by atoms with Gasteiger partial charge in [0.2, 0.25) is 6.79 Å². The number of amides is 1. The number of hydrogen-bond acceptors (Lipinski definition) is 4. The van der Waals surface area contributed by atoms with E-state index >= 15 is 0 Å². The summed E-state index contributed by atoms with van der Waals surface area (Å²) in [6.07, 6.45) is 2.33. The Bertz CT molecular complexity index is 1230. The number of benzene rings is 2. The quantitative estimate of drug-likeness (QED) is 0.522. The Balaban J connectivity index is 1.57. The zero-order valence-electron chi connectivity index (χ0n) is 16.1. The van der Waals surface area contributed by atoms with Crippen molar-refractivity contribution in [2.75, 3.05) is 13.3 Å². The summed E-state index contributed by atoms with van der Waals surface area (Å²) in [4.78, 5) is 20.6. The average molecular weight is 417 g/mol. The summed E-state index contributed by atoms with van der Waals surface area (Å²) >= 11 is 5.78. The summed E-state index contributed by atoms with van der Waals surface area (Å²) in [5, 5.41) is 1.69. The first-order valence-corrected chi connectivity index (χ1v) is 10.3. The molecule has 1 amide bonds. The maximum atomic E-state index is 13.3. The van der Waals surface area contributed by atoms with E-state index in [1.54, 1.807) is 11.0 Å². The Labute approximate surface area is 178 Å². The van der Waals surface area contributed by atoms with Crippen molar-refractivity contribution in [3.05, 3.63) is 71.9 Å². The van der Waals surface area contributed by atoms with Gasteiger partial charge in [0.15, 0.2) is 16.6 Å². The third kappa shape index (κ3) is 2.29. The van der Waals surface area contributed by atoms with Crippen LogP contribution in [0.25, 0.3) is 10.9 Å². The van der Waals surface area contributed by atoms with Gasteiger partial charge in [-0.15, -0.1) is 6.58 Å². The summed E-state index contributed by atoms with van der Waals surface area (Å²) in [5.74, 6) is 1.48. The number of fused-ring (bicyclic) bond motifs is 5. The van der Waals surface area contributed by atoms with Crippen molar-refractivity contribution in [1.82, 2.24) is 14.8 Å². The largest absolute Gasteiger partial charge is 0.454 e. The van der Waals surface area contributed by atoms with Crippen molar-refractivity contribution in [1.29, 1.82) is 0 Å². The minimum absolute atomic E-state index is 0.0292. The van der Waals surface area contributed by atoms with Crippen LogP contribution in [-0.2, 0) is 11.2 Å². The standard InChI is InChI=1S/C23H19N3O3S/c1-2-9-25-22(27)17-11-15-14-5-3-4-6-16(14)24-20(15)21(26(17)23(25)30)13-7-8-18-19(10-13)29-12-28-18/h2-8,10,17,21,24H,1,9,11-12H2/t17-,21?/m0/s1. The van der Waals surface area contributed by atoms with E-state index in [0.29, 0.717) is 23.8 Å². The maximum absolute atomic E-state index is 13.3. The van der Waals surface area contributed by atoms with Gasteiger partial charge >= 0.3 is 0 Å².